The van der Waals surface area contributed by atoms with Gasteiger partial charge in [0.1, 0.15) is 5.75 Å². The van der Waals surface area contributed by atoms with Crippen LogP contribution in [0.4, 0.5) is 5.13 Å². The van der Waals surface area contributed by atoms with Gasteiger partial charge in [-0.25, -0.2) is 8.42 Å². The molecule has 0 bridgehead atoms. The van der Waals surface area contributed by atoms with Gasteiger partial charge in [0, 0.05) is 10.6 Å². The summed E-state index contributed by atoms with van der Waals surface area (Å²) in [6, 6.07) is 13.2. The molecule has 10 heteroatoms. The van der Waals surface area contributed by atoms with Crippen molar-refractivity contribution in [2.75, 3.05) is 12.4 Å². The van der Waals surface area contributed by atoms with Crippen LogP contribution in [0.15, 0.2) is 52.9 Å². The Morgan fingerprint density at radius 2 is 1.96 bits per heavy atom. The fourth-order valence-corrected chi connectivity index (χ4v) is 4.83. The number of hydrogen-bond acceptors (Lipinski definition) is 7. The van der Waals surface area contributed by atoms with Crippen LogP contribution < -0.4 is 10.1 Å². The molecule has 0 spiro atoms. The number of ether oxygens (including phenoxy) is 1. The summed E-state index contributed by atoms with van der Waals surface area (Å²) in [5, 5.41) is 10.4. The fourth-order valence-electron chi connectivity index (χ4n) is 2.20. The van der Waals surface area contributed by atoms with Crippen molar-refractivity contribution in [2.24, 2.45) is 0 Å². The second kappa shape index (κ2) is 8.03. The molecule has 140 valence electrons. The van der Waals surface area contributed by atoms with E-state index >= 15 is 0 Å². The highest BCUT2D eigenvalue weighted by molar-refractivity contribution is 7.92. The third kappa shape index (κ3) is 4.62. The number of methoxy groups -OCH3 is 1. The lowest BCUT2D eigenvalue weighted by molar-refractivity contribution is 0.102. The molecule has 0 saturated heterocycles. The maximum absolute atomic E-state index is 12.5. The first kappa shape index (κ1) is 19.3. The molecule has 0 aliphatic carbocycles. The van der Waals surface area contributed by atoms with Crippen molar-refractivity contribution < 1.29 is 17.9 Å². The number of nitrogens with one attached hydrogen (secondary N) is 1. The molecule has 7 nitrogen and oxygen atoms in total. The van der Waals surface area contributed by atoms with Gasteiger partial charge in [-0.3, -0.25) is 10.1 Å². The third-order valence-corrected chi connectivity index (χ3v) is 6.85. The Morgan fingerprint density at radius 3 is 2.70 bits per heavy atom. The standard InChI is InChI=1S/C17H14ClN3O4S2/c1-25-13-7-4-6-11(9-13)15(22)19-16-20-21-17(26-16)27(23,24)10-12-5-2-3-8-14(12)18/h2-9H,10H2,1H3,(H,19,20,22). The summed E-state index contributed by atoms with van der Waals surface area (Å²) < 4.78 is 29.9. The largest absolute Gasteiger partial charge is 0.497 e. The molecule has 1 amide bonds. The average molecular weight is 424 g/mol. The number of carbonyl (C=O) groups excluding carboxylic acids is 1. The Balaban J connectivity index is 1.76. The van der Waals surface area contributed by atoms with E-state index in [2.05, 4.69) is 15.5 Å². The van der Waals surface area contributed by atoms with E-state index < -0.39 is 15.7 Å². The minimum Gasteiger partial charge on any atom is -0.497 e. The van der Waals surface area contributed by atoms with Crippen molar-refractivity contribution in [3.05, 3.63) is 64.7 Å². The normalized spacial score (nSPS) is 11.2. The van der Waals surface area contributed by atoms with Gasteiger partial charge in [-0.15, -0.1) is 10.2 Å². The molecule has 0 atom stereocenters. The maximum Gasteiger partial charge on any atom is 0.257 e. The van der Waals surface area contributed by atoms with E-state index in [4.69, 9.17) is 16.3 Å². The predicted octanol–water partition coefficient (Wildman–Crippen LogP) is 3.43. The Morgan fingerprint density at radius 1 is 1.19 bits per heavy atom. The van der Waals surface area contributed by atoms with E-state index in [0.717, 1.165) is 11.3 Å². The summed E-state index contributed by atoms with van der Waals surface area (Å²) in [6.07, 6.45) is 0. The van der Waals surface area contributed by atoms with Gasteiger partial charge >= 0.3 is 0 Å². The van der Waals surface area contributed by atoms with Gasteiger partial charge in [-0.1, -0.05) is 47.2 Å². The molecular formula is C17H14ClN3O4S2. The Kier molecular flexibility index (Phi) is 5.73. The minimum absolute atomic E-state index is 0.0838. The molecule has 2 aromatic carbocycles. The van der Waals surface area contributed by atoms with Gasteiger partial charge in [0.05, 0.1) is 12.9 Å². The molecule has 3 rings (SSSR count). The van der Waals surface area contributed by atoms with Crippen molar-refractivity contribution in [3.63, 3.8) is 0 Å². The SMILES string of the molecule is COc1cccc(C(=O)Nc2nnc(S(=O)(=O)Cc3ccccc3Cl)s2)c1. The average Bonchev–Trinajstić information content (AvgIpc) is 3.13. The third-order valence-electron chi connectivity index (χ3n) is 3.53. The highest BCUT2D eigenvalue weighted by Crippen LogP contribution is 2.26. The second-order valence-electron chi connectivity index (χ2n) is 5.41. The first-order valence-corrected chi connectivity index (χ1v) is 10.5. The lowest BCUT2D eigenvalue weighted by atomic mass is 10.2. The summed E-state index contributed by atoms with van der Waals surface area (Å²) in [5.74, 6) is -0.214. The summed E-state index contributed by atoms with van der Waals surface area (Å²) in [4.78, 5) is 12.3. The first-order valence-electron chi connectivity index (χ1n) is 7.64. The van der Waals surface area contributed by atoms with Gasteiger partial charge in [-0.2, -0.15) is 0 Å². The van der Waals surface area contributed by atoms with E-state index in [9.17, 15) is 13.2 Å². The quantitative estimate of drug-likeness (QED) is 0.610. The lowest BCUT2D eigenvalue weighted by Gasteiger charge is -2.04. The van der Waals surface area contributed by atoms with E-state index in [1.165, 1.54) is 7.11 Å². The van der Waals surface area contributed by atoms with Crippen molar-refractivity contribution in [2.45, 2.75) is 10.1 Å². The van der Waals surface area contributed by atoms with E-state index in [-0.39, 0.29) is 15.2 Å². The molecule has 1 N–H and O–H groups in total. The van der Waals surface area contributed by atoms with Crippen LogP contribution in [0.1, 0.15) is 15.9 Å². The highest BCUT2D eigenvalue weighted by Gasteiger charge is 2.23. The summed E-state index contributed by atoms with van der Waals surface area (Å²) in [6.45, 7) is 0. The second-order valence-corrected chi connectivity index (χ2v) is 8.96. The fraction of sp³-hybridized carbons (Fsp3) is 0.118. The van der Waals surface area contributed by atoms with Crippen molar-refractivity contribution >= 4 is 43.8 Å². The number of anilines is 1. The molecule has 0 aliphatic rings. The van der Waals surface area contributed by atoms with Crippen LogP contribution in [0.2, 0.25) is 5.02 Å². The molecule has 0 unspecified atom stereocenters. The van der Waals surface area contributed by atoms with Crippen LogP contribution in [-0.2, 0) is 15.6 Å². The summed E-state index contributed by atoms with van der Waals surface area (Å²) in [7, 11) is -2.24. The van der Waals surface area contributed by atoms with Crippen molar-refractivity contribution in [1.29, 1.82) is 0 Å². The number of sulfone groups is 1. The van der Waals surface area contributed by atoms with E-state index in [1.54, 1.807) is 48.5 Å². The van der Waals surface area contributed by atoms with Crippen LogP contribution in [-0.4, -0.2) is 31.6 Å². The van der Waals surface area contributed by atoms with Crippen molar-refractivity contribution in [3.8, 4) is 5.75 Å². The lowest BCUT2D eigenvalue weighted by Crippen LogP contribution is -2.11. The van der Waals surface area contributed by atoms with Gasteiger partial charge in [-0.05, 0) is 29.8 Å². The van der Waals surface area contributed by atoms with Crippen LogP contribution in [0.25, 0.3) is 0 Å². The smallest absolute Gasteiger partial charge is 0.257 e. The van der Waals surface area contributed by atoms with Gasteiger partial charge in [0.2, 0.25) is 19.3 Å². The topological polar surface area (TPSA) is 98.2 Å². The number of amides is 1. The number of halogens is 1. The zero-order chi connectivity index (χ0) is 19.4. The zero-order valence-electron chi connectivity index (χ0n) is 14.0. The van der Waals surface area contributed by atoms with Gasteiger partial charge < -0.3 is 4.74 Å². The molecular weight excluding hydrogens is 410 g/mol. The van der Waals surface area contributed by atoms with Crippen LogP contribution >= 0.6 is 22.9 Å². The van der Waals surface area contributed by atoms with Gasteiger partial charge in [0.25, 0.3) is 5.91 Å². The Hall–Kier alpha value is -2.49. The molecule has 3 aromatic rings. The van der Waals surface area contributed by atoms with Crippen molar-refractivity contribution in [1.82, 2.24) is 10.2 Å². The Bertz CT molecular complexity index is 1080. The van der Waals surface area contributed by atoms with Gasteiger partial charge in [0.15, 0.2) is 0 Å². The first-order chi connectivity index (χ1) is 12.9. The van der Waals surface area contributed by atoms with Crippen LogP contribution in [0.5, 0.6) is 5.75 Å². The molecule has 0 fully saturated rings. The number of nitrogens with zero attached hydrogens (tertiary/aromatic N) is 2. The number of aromatic nitrogens is 2. The Labute approximate surface area is 164 Å². The molecule has 1 aromatic heterocycles. The number of benzene rings is 2. The maximum atomic E-state index is 12.5. The van der Waals surface area contributed by atoms with Crippen LogP contribution in [0.3, 0.4) is 0 Å². The molecule has 0 saturated carbocycles. The zero-order valence-corrected chi connectivity index (χ0v) is 16.4. The summed E-state index contributed by atoms with van der Waals surface area (Å²) >= 11 is 6.80. The van der Waals surface area contributed by atoms with E-state index in [1.807, 2.05) is 0 Å². The number of rotatable bonds is 6. The molecule has 0 radical (unpaired) electrons. The number of hydrogen-bond donors (Lipinski definition) is 1. The monoisotopic (exact) mass is 423 g/mol. The predicted molar refractivity (Wildman–Crippen MR) is 103 cm³/mol. The number of carbonyl (C=O) groups is 1. The molecule has 27 heavy (non-hydrogen) atoms. The van der Waals surface area contributed by atoms with E-state index in [0.29, 0.717) is 21.9 Å². The van der Waals surface area contributed by atoms with Crippen LogP contribution in [0, 0.1) is 0 Å². The summed E-state index contributed by atoms with van der Waals surface area (Å²) in [5.41, 5.74) is 0.821. The molecule has 0 aliphatic heterocycles. The minimum atomic E-state index is -3.74. The molecule has 1 heterocycles. The highest BCUT2D eigenvalue weighted by atomic mass is 35.5.